The number of likely N-dealkylation sites (tertiary alicyclic amines) is 1. The topological polar surface area (TPSA) is 75.4 Å². The van der Waals surface area contributed by atoms with E-state index in [9.17, 15) is 9.59 Å². The monoisotopic (exact) mass is 289 g/mol. The van der Waals surface area contributed by atoms with Gasteiger partial charge in [0.2, 0.25) is 5.91 Å². The fourth-order valence-corrected chi connectivity index (χ4v) is 2.51. The van der Waals surface area contributed by atoms with Gasteiger partial charge in [0.1, 0.15) is 0 Å². The third-order valence-corrected chi connectivity index (χ3v) is 3.90. The Morgan fingerprint density at radius 2 is 1.90 bits per heavy atom. The zero-order valence-corrected chi connectivity index (χ0v) is 12.4. The van der Waals surface area contributed by atoms with E-state index in [1.165, 1.54) is 0 Å². The molecule has 5 heteroatoms. The lowest BCUT2D eigenvalue weighted by atomic mass is 9.96. The molecule has 0 radical (unpaired) electrons. The van der Waals surface area contributed by atoms with Crippen LogP contribution in [0.15, 0.2) is 30.3 Å². The summed E-state index contributed by atoms with van der Waals surface area (Å²) < 4.78 is 0. The molecule has 1 aromatic carbocycles. The van der Waals surface area contributed by atoms with Crippen molar-refractivity contribution in [2.45, 2.75) is 25.8 Å². The van der Waals surface area contributed by atoms with Gasteiger partial charge in [-0.25, -0.2) is 0 Å². The molecule has 0 saturated carbocycles. The molecule has 0 unspecified atom stereocenters. The fourth-order valence-electron chi connectivity index (χ4n) is 2.51. The highest BCUT2D eigenvalue weighted by Crippen LogP contribution is 2.18. The first-order valence-corrected chi connectivity index (χ1v) is 7.45. The van der Waals surface area contributed by atoms with E-state index < -0.39 is 6.04 Å². The average molecular weight is 289 g/mol. The summed E-state index contributed by atoms with van der Waals surface area (Å²) in [4.78, 5) is 25.6. The van der Waals surface area contributed by atoms with Crippen molar-refractivity contribution in [2.75, 3.05) is 19.6 Å². The van der Waals surface area contributed by atoms with Crippen molar-refractivity contribution >= 4 is 11.8 Å². The van der Waals surface area contributed by atoms with Crippen LogP contribution in [0.1, 0.15) is 30.1 Å². The number of carbonyl (C=O) groups is 2. The molecule has 1 heterocycles. The van der Waals surface area contributed by atoms with Gasteiger partial charge in [-0.1, -0.05) is 18.2 Å². The van der Waals surface area contributed by atoms with E-state index in [0.717, 1.165) is 31.5 Å². The van der Waals surface area contributed by atoms with Crippen molar-refractivity contribution in [3.8, 4) is 0 Å². The molecular formula is C16H23N3O2. The Bertz CT molecular complexity index is 480. The maximum Gasteiger partial charge on any atom is 0.253 e. The molecule has 3 N–H and O–H groups in total. The first kappa shape index (κ1) is 15.5. The van der Waals surface area contributed by atoms with E-state index in [0.29, 0.717) is 12.5 Å². The highest BCUT2D eigenvalue weighted by atomic mass is 16.2. The van der Waals surface area contributed by atoms with Crippen LogP contribution in [0.3, 0.4) is 0 Å². The zero-order valence-electron chi connectivity index (χ0n) is 12.4. The van der Waals surface area contributed by atoms with Crippen LogP contribution in [0.5, 0.6) is 0 Å². The van der Waals surface area contributed by atoms with Crippen LogP contribution in [0.2, 0.25) is 0 Å². The average Bonchev–Trinajstić information content (AvgIpc) is 2.53. The lowest BCUT2D eigenvalue weighted by molar-refractivity contribution is -0.122. The summed E-state index contributed by atoms with van der Waals surface area (Å²) in [5.74, 6) is 0.402. The van der Waals surface area contributed by atoms with Gasteiger partial charge in [-0.3, -0.25) is 9.59 Å². The number of hydrogen-bond acceptors (Lipinski definition) is 3. The molecule has 1 fully saturated rings. The molecule has 0 aromatic heterocycles. The van der Waals surface area contributed by atoms with Gasteiger partial charge >= 0.3 is 0 Å². The second-order valence-electron chi connectivity index (χ2n) is 5.64. The summed E-state index contributed by atoms with van der Waals surface area (Å²) in [5, 5.41) is 2.86. The lowest BCUT2D eigenvalue weighted by Gasteiger charge is -2.32. The minimum Gasteiger partial charge on any atom is -0.354 e. The molecule has 1 atom stereocenters. The normalized spacial score (nSPS) is 17.3. The number of nitrogens with one attached hydrogen (secondary N) is 1. The number of amides is 2. The molecular weight excluding hydrogens is 266 g/mol. The predicted molar refractivity (Wildman–Crippen MR) is 81.7 cm³/mol. The second-order valence-corrected chi connectivity index (χ2v) is 5.64. The Morgan fingerprint density at radius 1 is 1.29 bits per heavy atom. The van der Waals surface area contributed by atoms with Gasteiger partial charge in [0, 0.05) is 25.2 Å². The van der Waals surface area contributed by atoms with E-state index in [1.54, 1.807) is 6.92 Å². The zero-order chi connectivity index (χ0) is 15.2. The molecule has 1 aliphatic rings. The number of rotatable bonds is 4. The van der Waals surface area contributed by atoms with E-state index >= 15 is 0 Å². The summed E-state index contributed by atoms with van der Waals surface area (Å²) in [6.07, 6.45) is 1.83. The standard InChI is InChI=1S/C16H23N3O2/c1-12(17)15(20)18-11-13-7-9-19(10-8-13)16(21)14-5-3-2-4-6-14/h2-6,12-13H,7-11,17H2,1H3,(H,18,20)/t12-/m1/s1. The number of piperidine rings is 1. The lowest BCUT2D eigenvalue weighted by Crippen LogP contribution is -2.44. The third kappa shape index (κ3) is 4.29. The highest BCUT2D eigenvalue weighted by Gasteiger charge is 2.23. The van der Waals surface area contributed by atoms with E-state index in [4.69, 9.17) is 5.73 Å². The first-order valence-electron chi connectivity index (χ1n) is 7.45. The van der Waals surface area contributed by atoms with E-state index in [-0.39, 0.29) is 11.8 Å². The molecule has 2 rings (SSSR count). The van der Waals surface area contributed by atoms with Gasteiger partial charge in [0.05, 0.1) is 6.04 Å². The van der Waals surface area contributed by atoms with E-state index in [2.05, 4.69) is 5.32 Å². The maximum atomic E-state index is 12.3. The number of nitrogens with zero attached hydrogens (tertiary/aromatic N) is 1. The molecule has 0 spiro atoms. The molecule has 5 nitrogen and oxygen atoms in total. The Kier molecular flexibility index (Phi) is 5.33. The van der Waals surface area contributed by atoms with Crippen LogP contribution in [0, 0.1) is 5.92 Å². The van der Waals surface area contributed by atoms with Crippen LogP contribution >= 0.6 is 0 Å². The molecule has 1 aromatic rings. The van der Waals surface area contributed by atoms with Gasteiger partial charge in [0.25, 0.3) is 5.91 Å². The van der Waals surface area contributed by atoms with Crippen LogP contribution in [-0.2, 0) is 4.79 Å². The van der Waals surface area contributed by atoms with E-state index in [1.807, 2.05) is 35.2 Å². The summed E-state index contributed by atoms with van der Waals surface area (Å²) in [7, 11) is 0. The molecule has 0 aliphatic carbocycles. The number of nitrogens with two attached hydrogens (primary N) is 1. The van der Waals surface area contributed by atoms with Crippen LogP contribution < -0.4 is 11.1 Å². The maximum absolute atomic E-state index is 12.3. The van der Waals surface area contributed by atoms with Crippen LogP contribution in [0.25, 0.3) is 0 Å². The van der Waals surface area contributed by atoms with Gasteiger partial charge in [-0.15, -0.1) is 0 Å². The Balaban J connectivity index is 1.78. The van der Waals surface area contributed by atoms with Crippen molar-refractivity contribution in [1.82, 2.24) is 10.2 Å². The summed E-state index contributed by atoms with van der Waals surface area (Å²) in [5.41, 5.74) is 6.25. The predicted octanol–water partition coefficient (Wildman–Crippen LogP) is 1.00. The molecule has 21 heavy (non-hydrogen) atoms. The quantitative estimate of drug-likeness (QED) is 0.868. The summed E-state index contributed by atoms with van der Waals surface area (Å²) in [6.45, 7) is 3.81. The molecule has 114 valence electrons. The first-order chi connectivity index (χ1) is 10.1. The van der Waals surface area contributed by atoms with Crippen LogP contribution in [0.4, 0.5) is 0 Å². The molecule has 0 bridgehead atoms. The highest BCUT2D eigenvalue weighted by molar-refractivity contribution is 5.94. The number of carbonyl (C=O) groups excluding carboxylic acids is 2. The molecule has 1 saturated heterocycles. The minimum atomic E-state index is -0.468. The van der Waals surface area contributed by atoms with Crippen molar-refractivity contribution in [2.24, 2.45) is 11.7 Å². The Labute approximate surface area is 125 Å². The van der Waals surface area contributed by atoms with Gasteiger partial charge < -0.3 is 16.0 Å². The number of benzene rings is 1. The van der Waals surface area contributed by atoms with Gasteiger partial charge in [-0.2, -0.15) is 0 Å². The minimum absolute atomic E-state index is 0.0914. The summed E-state index contributed by atoms with van der Waals surface area (Å²) in [6, 6.07) is 8.89. The van der Waals surface area contributed by atoms with Crippen LogP contribution in [-0.4, -0.2) is 42.4 Å². The van der Waals surface area contributed by atoms with Crippen molar-refractivity contribution < 1.29 is 9.59 Å². The van der Waals surface area contributed by atoms with Gasteiger partial charge in [-0.05, 0) is 37.8 Å². The fraction of sp³-hybridized carbons (Fsp3) is 0.500. The van der Waals surface area contributed by atoms with Crippen molar-refractivity contribution in [1.29, 1.82) is 0 Å². The SMILES string of the molecule is C[C@@H](N)C(=O)NCC1CCN(C(=O)c2ccccc2)CC1. The third-order valence-electron chi connectivity index (χ3n) is 3.90. The van der Waals surface area contributed by atoms with Crippen molar-refractivity contribution in [3.05, 3.63) is 35.9 Å². The second kappa shape index (κ2) is 7.22. The summed E-state index contributed by atoms with van der Waals surface area (Å²) >= 11 is 0. The largest absolute Gasteiger partial charge is 0.354 e. The van der Waals surface area contributed by atoms with Crippen molar-refractivity contribution in [3.63, 3.8) is 0 Å². The van der Waals surface area contributed by atoms with Gasteiger partial charge in [0.15, 0.2) is 0 Å². The Morgan fingerprint density at radius 3 is 2.48 bits per heavy atom. The number of hydrogen-bond donors (Lipinski definition) is 2. The molecule has 1 aliphatic heterocycles. The Hall–Kier alpha value is -1.88. The molecule has 2 amide bonds. The smallest absolute Gasteiger partial charge is 0.253 e.